The maximum absolute atomic E-state index is 12.4. The second-order valence-electron chi connectivity index (χ2n) is 6.91. The summed E-state index contributed by atoms with van der Waals surface area (Å²) in [6.07, 6.45) is 8.04. The molecule has 1 saturated carbocycles. The fourth-order valence-electron chi connectivity index (χ4n) is 3.63. The van der Waals surface area contributed by atoms with Gasteiger partial charge in [-0.2, -0.15) is 0 Å². The lowest BCUT2D eigenvalue weighted by Gasteiger charge is -2.14. The van der Waals surface area contributed by atoms with Gasteiger partial charge in [0.05, 0.1) is 5.75 Å². The number of amides is 1. The summed E-state index contributed by atoms with van der Waals surface area (Å²) >= 11 is 1.39. The molecule has 0 radical (unpaired) electrons. The van der Waals surface area contributed by atoms with Crippen molar-refractivity contribution in [1.29, 1.82) is 0 Å². The van der Waals surface area contributed by atoms with Crippen molar-refractivity contribution in [3.05, 3.63) is 35.2 Å². The number of aryl methyl sites for hydroxylation is 2. The first-order valence-electron chi connectivity index (χ1n) is 9.64. The highest BCUT2D eigenvalue weighted by molar-refractivity contribution is 7.99. The predicted octanol–water partition coefficient (Wildman–Crippen LogP) is 4.39. The number of rotatable bonds is 8. The Labute approximate surface area is 159 Å². The normalized spacial score (nSPS) is 14.7. The molecule has 1 aliphatic rings. The van der Waals surface area contributed by atoms with E-state index in [4.69, 9.17) is 0 Å². The van der Waals surface area contributed by atoms with Gasteiger partial charge in [-0.05, 0) is 29.9 Å². The lowest BCUT2D eigenvalue weighted by molar-refractivity contribution is -0.113. The number of para-hydroxylation sites is 1. The molecule has 0 atom stereocenters. The number of hydrogen-bond donors (Lipinski definition) is 2. The highest BCUT2D eigenvalue weighted by Crippen LogP contribution is 2.27. The number of aromatic nitrogens is 3. The van der Waals surface area contributed by atoms with Crippen molar-refractivity contribution in [3.63, 3.8) is 0 Å². The van der Waals surface area contributed by atoms with E-state index in [9.17, 15) is 4.79 Å². The van der Waals surface area contributed by atoms with Crippen LogP contribution in [0.2, 0.25) is 0 Å². The Hall–Kier alpha value is -1.82. The second kappa shape index (κ2) is 9.21. The molecule has 0 aliphatic heterocycles. The van der Waals surface area contributed by atoms with E-state index < -0.39 is 0 Å². The van der Waals surface area contributed by atoms with E-state index in [0.29, 0.717) is 10.9 Å². The van der Waals surface area contributed by atoms with E-state index >= 15 is 0 Å². The molecule has 0 unspecified atom stereocenters. The Kier molecular flexibility index (Phi) is 6.72. The zero-order chi connectivity index (χ0) is 18.4. The number of H-pyrrole nitrogens is 1. The van der Waals surface area contributed by atoms with Crippen LogP contribution in [0.5, 0.6) is 0 Å². The van der Waals surface area contributed by atoms with Gasteiger partial charge in [-0.3, -0.25) is 9.89 Å². The molecule has 26 heavy (non-hydrogen) atoms. The predicted molar refractivity (Wildman–Crippen MR) is 107 cm³/mol. The van der Waals surface area contributed by atoms with Gasteiger partial charge in [-0.1, -0.05) is 69.5 Å². The van der Waals surface area contributed by atoms with Gasteiger partial charge in [0.2, 0.25) is 11.1 Å². The summed E-state index contributed by atoms with van der Waals surface area (Å²) < 4.78 is 0. The molecule has 3 rings (SSSR count). The van der Waals surface area contributed by atoms with Gasteiger partial charge < -0.3 is 5.32 Å². The summed E-state index contributed by atoms with van der Waals surface area (Å²) in [5.74, 6) is 2.00. The van der Waals surface area contributed by atoms with E-state index in [1.54, 1.807) is 0 Å². The van der Waals surface area contributed by atoms with E-state index in [2.05, 4.69) is 52.5 Å². The first kappa shape index (κ1) is 19.0. The van der Waals surface area contributed by atoms with Crippen molar-refractivity contribution in [2.24, 2.45) is 5.92 Å². The number of nitrogens with one attached hydrogen (secondary N) is 2. The quantitative estimate of drug-likeness (QED) is 0.674. The van der Waals surface area contributed by atoms with Crippen LogP contribution in [0, 0.1) is 5.92 Å². The van der Waals surface area contributed by atoms with Crippen LogP contribution in [-0.2, 0) is 24.1 Å². The van der Waals surface area contributed by atoms with E-state index in [1.165, 1.54) is 48.6 Å². The van der Waals surface area contributed by atoms with Gasteiger partial charge in [-0.15, -0.1) is 5.10 Å². The number of benzene rings is 1. The molecular weight excluding hydrogens is 344 g/mol. The third kappa shape index (κ3) is 4.87. The molecule has 1 amide bonds. The highest BCUT2D eigenvalue weighted by atomic mass is 32.2. The molecule has 2 aromatic rings. The van der Waals surface area contributed by atoms with Crippen molar-refractivity contribution < 1.29 is 4.79 Å². The number of nitrogens with zero attached hydrogens (tertiary/aromatic N) is 2. The largest absolute Gasteiger partial charge is 0.325 e. The zero-order valence-corrected chi connectivity index (χ0v) is 16.5. The molecule has 0 saturated heterocycles. The number of anilines is 1. The minimum absolute atomic E-state index is 0.00672. The van der Waals surface area contributed by atoms with Crippen LogP contribution >= 0.6 is 11.8 Å². The first-order chi connectivity index (χ1) is 12.7. The molecule has 140 valence electrons. The number of carbonyl (C=O) groups excluding carboxylic acids is 1. The van der Waals surface area contributed by atoms with Crippen LogP contribution in [0.15, 0.2) is 23.4 Å². The van der Waals surface area contributed by atoms with Crippen molar-refractivity contribution in [3.8, 4) is 0 Å². The fourth-order valence-corrected chi connectivity index (χ4v) is 4.25. The lowest BCUT2D eigenvalue weighted by atomic mass is 10.0. The van der Waals surface area contributed by atoms with Gasteiger partial charge in [-0.25, -0.2) is 4.98 Å². The SMILES string of the molecule is CCc1cccc(CC)c1NC(=O)CSc1n[nH]c(CC2CCCC2)n1. The van der Waals surface area contributed by atoms with Crippen LogP contribution in [0.3, 0.4) is 0 Å². The first-order valence-corrected chi connectivity index (χ1v) is 10.6. The lowest BCUT2D eigenvalue weighted by Crippen LogP contribution is -2.16. The minimum atomic E-state index is -0.00672. The zero-order valence-electron chi connectivity index (χ0n) is 15.7. The third-order valence-corrected chi connectivity index (χ3v) is 5.91. The monoisotopic (exact) mass is 372 g/mol. The van der Waals surface area contributed by atoms with Crippen LogP contribution in [-0.4, -0.2) is 26.8 Å². The Bertz CT molecular complexity index is 715. The van der Waals surface area contributed by atoms with Crippen molar-refractivity contribution in [2.45, 2.75) is 63.9 Å². The molecule has 0 bridgehead atoms. The molecule has 1 aromatic carbocycles. The van der Waals surface area contributed by atoms with Gasteiger partial charge in [0.1, 0.15) is 5.82 Å². The van der Waals surface area contributed by atoms with Gasteiger partial charge >= 0.3 is 0 Å². The molecule has 0 spiro atoms. The van der Waals surface area contributed by atoms with Crippen LogP contribution < -0.4 is 5.32 Å². The number of aromatic amines is 1. The standard InChI is InChI=1S/C20H28N4OS/c1-3-15-10-7-11-16(4-2)19(15)22-18(25)13-26-20-21-17(23-24-20)12-14-8-5-6-9-14/h7,10-11,14H,3-6,8-9,12-13H2,1-2H3,(H,22,25)(H,21,23,24). The Morgan fingerprint density at radius 3 is 2.58 bits per heavy atom. The molecule has 5 nitrogen and oxygen atoms in total. The Morgan fingerprint density at radius 1 is 1.23 bits per heavy atom. The average Bonchev–Trinajstić information content (AvgIpc) is 3.32. The molecule has 2 N–H and O–H groups in total. The van der Waals surface area contributed by atoms with Crippen LogP contribution in [0.4, 0.5) is 5.69 Å². The van der Waals surface area contributed by atoms with Gasteiger partial charge in [0.25, 0.3) is 0 Å². The number of hydrogen-bond acceptors (Lipinski definition) is 4. The molecule has 1 aromatic heterocycles. The highest BCUT2D eigenvalue weighted by Gasteiger charge is 2.18. The van der Waals surface area contributed by atoms with Crippen molar-refractivity contribution in [2.75, 3.05) is 11.1 Å². The molecule has 6 heteroatoms. The summed E-state index contributed by atoms with van der Waals surface area (Å²) in [5, 5.41) is 11.0. The van der Waals surface area contributed by atoms with Crippen LogP contribution in [0.25, 0.3) is 0 Å². The smallest absolute Gasteiger partial charge is 0.234 e. The van der Waals surface area contributed by atoms with Crippen LogP contribution in [0.1, 0.15) is 56.5 Å². The van der Waals surface area contributed by atoms with Crippen molar-refractivity contribution >= 4 is 23.4 Å². The number of thioether (sulfide) groups is 1. The molecular formula is C20H28N4OS. The van der Waals surface area contributed by atoms with Gasteiger partial charge in [0.15, 0.2) is 0 Å². The molecule has 1 heterocycles. The maximum atomic E-state index is 12.4. The summed E-state index contributed by atoms with van der Waals surface area (Å²) in [7, 11) is 0. The van der Waals surface area contributed by atoms with E-state index in [0.717, 1.165) is 36.7 Å². The third-order valence-electron chi connectivity index (χ3n) is 5.06. The Morgan fingerprint density at radius 2 is 1.92 bits per heavy atom. The second-order valence-corrected chi connectivity index (χ2v) is 7.86. The Balaban J connectivity index is 1.54. The van der Waals surface area contributed by atoms with Crippen molar-refractivity contribution in [1.82, 2.24) is 15.2 Å². The van der Waals surface area contributed by atoms with Gasteiger partial charge in [0, 0.05) is 12.1 Å². The number of carbonyl (C=O) groups is 1. The van der Waals surface area contributed by atoms with E-state index in [-0.39, 0.29) is 5.91 Å². The molecule has 1 fully saturated rings. The summed E-state index contributed by atoms with van der Waals surface area (Å²) in [4.78, 5) is 16.9. The maximum Gasteiger partial charge on any atom is 0.234 e. The summed E-state index contributed by atoms with van der Waals surface area (Å²) in [6, 6.07) is 6.21. The fraction of sp³-hybridized carbons (Fsp3) is 0.550. The average molecular weight is 373 g/mol. The molecule has 1 aliphatic carbocycles. The topological polar surface area (TPSA) is 70.7 Å². The van der Waals surface area contributed by atoms with E-state index in [1.807, 2.05) is 0 Å². The summed E-state index contributed by atoms with van der Waals surface area (Å²) in [5.41, 5.74) is 3.33. The summed E-state index contributed by atoms with van der Waals surface area (Å²) in [6.45, 7) is 4.22. The minimum Gasteiger partial charge on any atom is -0.325 e.